The highest BCUT2D eigenvalue weighted by atomic mass is 32.3. The Morgan fingerprint density at radius 1 is 0.354 bits per heavy atom. The van der Waals surface area contributed by atoms with E-state index in [1.807, 2.05) is 0 Å². The summed E-state index contributed by atoms with van der Waals surface area (Å²) in [6.07, 6.45) is -24.7. The molecule has 20 unspecified atom stereocenters. The quantitative estimate of drug-likeness (QED) is 0.0199. The Hall–Kier alpha value is -5.33. The van der Waals surface area contributed by atoms with E-state index in [-0.39, 0.29) is 128 Å². The Morgan fingerprint density at radius 3 is 1.04 bits per heavy atom. The second-order valence-corrected chi connectivity index (χ2v) is 27.6. The van der Waals surface area contributed by atoms with Crippen LogP contribution in [0.25, 0.3) is 0 Å². The van der Waals surface area contributed by atoms with Crippen LogP contribution in [-0.2, 0) is 129 Å². The van der Waals surface area contributed by atoms with Gasteiger partial charge in [0.1, 0.15) is 79.2 Å². The van der Waals surface area contributed by atoms with Gasteiger partial charge in [-0.05, 0) is 38.5 Å². The molecule has 0 radical (unpaired) electrons. The fourth-order valence-electron chi connectivity index (χ4n) is 11.6. The van der Waals surface area contributed by atoms with Crippen LogP contribution in [0.1, 0.15) is 111 Å². The summed E-state index contributed by atoms with van der Waals surface area (Å²) >= 11 is 0. The summed E-state index contributed by atoms with van der Waals surface area (Å²) in [6.45, 7) is 8.75. The Morgan fingerprint density at radius 2 is 0.681 bits per heavy atom. The van der Waals surface area contributed by atoms with Crippen molar-refractivity contribution in [3.05, 3.63) is 0 Å². The lowest BCUT2D eigenvalue weighted by molar-refractivity contribution is -0.340. The number of aliphatic hydroxyl groups is 8. The molecule has 4 rings (SSSR count). The summed E-state index contributed by atoms with van der Waals surface area (Å²) in [5.74, 6) is -5.34. The van der Waals surface area contributed by atoms with Crippen LogP contribution in [-0.4, -0.2) is 386 Å². The fraction of sp³-hybridized carbons (Fsp3) is 0.882. The van der Waals surface area contributed by atoms with Gasteiger partial charge in [-0.1, -0.05) is 32.6 Å². The molecule has 6 amide bonds. The smallest absolute Gasteiger partial charge is 0.397 e. The maximum Gasteiger partial charge on any atom is 0.397 e. The zero-order valence-corrected chi connectivity index (χ0v) is 64.9. The molecule has 113 heavy (non-hydrogen) atoms. The molecule has 44 nitrogen and oxygen atoms in total. The topological polar surface area (TPSA) is 622 Å². The van der Waals surface area contributed by atoms with Crippen LogP contribution in [0.2, 0.25) is 0 Å². The highest BCUT2D eigenvalue weighted by Gasteiger charge is 2.55. The Labute approximate surface area is 654 Å². The third-order valence-corrected chi connectivity index (χ3v) is 18.0. The highest BCUT2D eigenvalue weighted by molar-refractivity contribution is 7.80. The van der Waals surface area contributed by atoms with Gasteiger partial charge >= 0.3 is 22.3 Å². The van der Waals surface area contributed by atoms with Crippen LogP contribution in [0.5, 0.6) is 0 Å². The van der Waals surface area contributed by atoms with Gasteiger partial charge in [-0.3, -0.25) is 33.3 Å². The molecule has 4 aliphatic heterocycles. The lowest BCUT2D eigenvalue weighted by Crippen LogP contribution is -2.68. The zero-order chi connectivity index (χ0) is 83.1. The normalized spacial score (nSPS) is 27.9. The lowest BCUT2D eigenvalue weighted by atomic mass is 9.94. The number of ether oxygens (including phenoxy) is 16. The van der Waals surface area contributed by atoms with Crippen molar-refractivity contribution < 1.29 is 182 Å². The minimum absolute atomic E-state index is 0.0304. The summed E-state index contributed by atoms with van der Waals surface area (Å²) in [4.78, 5) is 96.9. The van der Waals surface area contributed by atoms with Gasteiger partial charge in [0.25, 0.3) is 0 Å². The van der Waals surface area contributed by atoms with Crippen molar-refractivity contribution >= 4 is 57.8 Å². The van der Waals surface area contributed by atoms with Crippen LogP contribution in [0, 0.1) is 0 Å². The molecule has 45 heteroatoms. The van der Waals surface area contributed by atoms with Crippen LogP contribution in [0.3, 0.4) is 0 Å². The number of carbonyl (C=O) groups excluding carboxylic acids is 6. The van der Waals surface area contributed by atoms with Gasteiger partial charge < -0.3 is 159 Å². The molecule has 4 saturated heterocycles. The third-order valence-electron chi connectivity index (χ3n) is 17.5. The molecule has 0 aromatic carbocycles. The van der Waals surface area contributed by atoms with Crippen molar-refractivity contribution in [3.8, 4) is 0 Å². The molecule has 4 aliphatic rings. The van der Waals surface area contributed by atoms with E-state index in [1.165, 1.54) is 0 Å². The first-order valence-electron chi connectivity index (χ1n) is 38.0. The molecular weight excluding hydrogens is 1540 g/mol. The van der Waals surface area contributed by atoms with Gasteiger partial charge in [-0.25, -0.2) is 13.8 Å². The van der Waals surface area contributed by atoms with E-state index in [0.717, 1.165) is 20.3 Å². The first kappa shape index (κ1) is 100. The summed E-state index contributed by atoms with van der Waals surface area (Å²) in [5, 5.41) is 121. The largest absolute Gasteiger partial charge is 0.479 e. The molecule has 0 aliphatic carbocycles. The second kappa shape index (κ2) is 56.9. The van der Waals surface area contributed by atoms with Crippen LogP contribution in [0.4, 0.5) is 0 Å². The van der Waals surface area contributed by atoms with E-state index in [2.05, 4.69) is 36.1 Å². The molecular formula is C68H120N6O38S. The molecule has 20 atom stereocenters. The molecule has 0 saturated carbocycles. The van der Waals surface area contributed by atoms with Gasteiger partial charge in [0, 0.05) is 92.1 Å². The number of carboxylic acids is 2. The molecule has 0 aromatic heterocycles. The number of aliphatic carboxylic acids is 2. The van der Waals surface area contributed by atoms with E-state index in [0.29, 0.717) is 124 Å². The fourth-order valence-corrected chi connectivity index (χ4v) is 11.9. The molecule has 0 bridgehead atoms. The molecule has 17 N–H and O–H groups in total. The van der Waals surface area contributed by atoms with Crippen molar-refractivity contribution in [1.29, 1.82) is 0 Å². The van der Waals surface area contributed by atoms with Gasteiger partial charge in [0.2, 0.25) is 35.4 Å². The zero-order valence-electron chi connectivity index (χ0n) is 64.1. The van der Waals surface area contributed by atoms with Crippen LogP contribution in [0.15, 0.2) is 0 Å². The Bertz CT molecular complexity index is 2830. The SMILES string of the molecule is CCC1OC(OC2C(C(=O)O)OC(OCCCCCCNC(=O)CCOCCOCCOCCNC(=O)CCOCCCOCCC(=O)NCCOCCOCCOCCC(=O)NCCCCCCOC3OC(C(=O)O)C(OC4OC(COS(=O)(=O)O)C(O)C(O)C4NC(C)=O)C(O)C3O)C(O)C2O)C(NC(C)=O)C(O)C1O. The number of amides is 6. The van der Waals surface area contributed by atoms with Gasteiger partial charge in [-0.2, -0.15) is 8.42 Å². The van der Waals surface area contributed by atoms with Crippen molar-refractivity contribution in [2.24, 2.45) is 0 Å². The monoisotopic (exact) mass is 1660 g/mol. The Kier molecular flexibility index (Phi) is 50.4. The van der Waals surface area contributed by atoms with Crippen molar-refractivity contribution in [2.75, 3.05) is 152 Å². The van der Waals surface area contributed by atoms with Crippen molar-refractivity contribution in [1.82, 2.24) is 31.9 Å². The standard InChI is InChI=1S/C68H120N6O38S/c1-4-43-51(81)53(83)49(73-41(2)75)65(107-43)109-59-55(85)57(87)67(111-61(59)63(89)90)104-24-11-7-5-9-18-69-45(77)16-28-98-32-36-102-38-34-100-30-20-71-47(79)14-26-96-22-13-23-97-27-15-48(80)72-21-31-101-35-39-103-37-33-99-29-17-46(78)70-19-10-6-8-12-25-105-68-58(88)56(86)60(62(112-68)64(91)92)110-66-50(74-42(3)76)54(84)52(82)44(108-66)40-106-113(93,94)95/h43-44,49-62,65-68,81-88H,4-40H2,1-3H3,(H,69,77)(H,70,78)(H,71,79)(H,72,80)(H,73,75)(H,74,76)(H,89,90)(H,91,92)(H,93,94,95). The Balaban J connectivity index is 0.837. The minimum Gasteiger partial charge on any atom is -0.479 e. The number of rotatable bonds is 62. The van der Waals surface area contributed by atoms with Crippen molar-refractivity contribution in [2.45, 2.75) is 233 Å². The average Bonchev–Trinajstić information content (AvgIpc) is 0.783. The van der Waals surface area contributed by atoms with Crippen LogP contribution < -0.4 is 31.9 Å². The summed E-state index contributed by atoms with van der Waals surface area (Å²) in [7, 11) is -5.04. The molecule has 0 aromatic rings. The minimum atomic E-state index is -5.04. The number of nitrogens with one attached hydrogen (secondary N) is 6. The summed E-state index contributed by atoms with van der Waals surface area (Å²) < 4.78 is 124. The van der Waals surface area contributed by atoms with Crippen molar-refractivity contribution in [3.63, 3.8) is 0 Å². The van der Waals surface area contributed by atoms with E-state index in [9.17, 15) is 97.8 Å². The van der Waals surface area contributed by atoms with E-state index >= 15 is 0 Å². The average molecular weight is 1660 g/mol. The number of hydrogen-bond acceptors (Lipinski definition) is 35. The maximum atomic E-state index is 12.2. The number of unbranched alkanes of at least 4 members (excludes halogenated alkanes) is 6. The van der Waals surface area contributed by atoms with E-state index in [1.54, 1.807) is 6.92 Å². The maximum absolute atomic E-state index is 12.2. The third kappa shape index (κ3) is 40.1. The number of hydrogen-bond donors (Lipinski definition) is 17. The van der Waals surface area contributed by atoms with Gasteiger partial charge in [0.15, 0.2) is 37.4 Å². The van der Waals surface area contributed by atoms with Crippen LogP contribution >= 0.6 is 0 Å². The summed E-state index contributed by atoms with van der Waals surface area (Å²) in [6, 6.07) is -2.95. The molecule has 0 spiro atoms. The first-order chi connectivity index (χ1) is 54.0. The predicted molar refractivity (Wildman–Crippen MR) is 381 cm³/mol. The molecule has 4 heterocycles. The van der Waals surface area contributed by atoms with E-state index in [4.69, 9.17) is 80.3 Å². The van der Waals surface area contributed by atoms with Gasteiger partial charge in [-0.15, -0.1) is 0 Å². The van der Waals surface area contributed by atoms with E-state index < -0.39 is 163 Å². The molecule has 4 fully saturated rings. The highest BCUT2D eigenvalue weighted by Crippen LogP contribution is 2.33. The molecule has 656 valence electrons. The summed E-state index contributed by atoms with van der Waals surface area (Å²) in [5.41, 5.74) is 0. The number of carbonyl (C=O) groups is 8. The predicted octanol–water partition coefficient (Wildman–Crippen LogP) is -6.35. The number of aliphatic hydroxyl groups excluding tert-OH is 8. The number of carboxylic acid groups (broad SMARTS) is 2. The first-order valence-corrected chi connectivity index (χ1v) is 39.3. The van der Waals surface area contributed by atoms with Gasteiger partial charge in [0.05, 0.1) is 105 Å². The second-order valence-electron chi connectivity index (χ2n) is 26.5. The lowest BCUT2D eigenvalue weighted by Gasteiger charge is -2.46.